The molecule has 1 aromatic carbocycles. The van der Waals surface area contributed by atoms with E-state index < -0.39 is 41.0 Å². The normalized spacial score (nSPS) is 20.0. The Morgan fingerprint density at radius 3 is 2.64 bits per heavy atom. The number of rotatable bonds is 3. The summed E-state index contributed by atoms with van der Waals surface area (Å²) in [4.78, 5) is 24.7. The molecule has 1 heterocycles. The van der Waals surface area contributed by atoms with Gasteiger partial charge in [-0.1, -0.05) is 18.6 Å². The second kappa shape index (κ2) is 7.73. The first-order chi connectivity index (χ1) is 13.2. The summed E-state index contributed by atoms with van der Waals surface area (Å²) < 4.78 is 54.0. The number of hydrogen-bond acceptors (Lipinski definition) is 3. The molecule has 0 spiro atoms. The summed E-state index contributed by atoms with van der Waals surface area (Å²) in [5, 5.41) is 6.45. The largest absolute Gasteiger partial charge is 0.391 e. The van der Waals surface area contributed by atoms with Crippen LogP contribution in [0.3, 0.4) is 0 Å². The molecule has 1 saturated carbocycles. The first kappa shape index (κ1) is 20.0. The molecule has 1 aromatic heterocycles. The van der Waals surface area contributed by atoms with Crippen molar-refractivity contribution in [1.82, 2.24) is 15.1 Å². The second-order valence-electron chi connectivity index (χ2n) is 6.94. The topological polar surface area (TPSA) is 64.0 Å². The van der Waals surface area contributed by atoms with Crippen molar-refractivity contribution in [2.45, 2.75) is 44.8 Å². The molecule has 1 N–H and O–H groups in total. The number of benzene rings is 1. The van der Waals surface area contributed by atoms with Crippen LogP contribution in [0.1, 0.15) is 41.9 Å². The zero-order valence-electron chi connectivity index (χ0n) is 15.1. The predicted octanol–water partition coefficient (Wildman–Crippen LogP) is 3.53. The van der Waals surface area contributed by atoms with Gasteiger partial charge in [-0.2, -0.15) is 18.3 Å². The third-order valence-corrected chi connectivity index (χ3v) is 4.88. The van der Waals surface area contributed by atoms with Crippen molar-refractivity contribution < 1.29 is 22.4 Å². The highest BCUT2D eigenvalue weighted by Crippen LogP contribution is 2.37. The molecule has 0 bridgehead atoms. The summed E-state index contributed by atoms with van der Waals surface area (Å²) in [5.41, 5.74) is -0.779. The van der Waals surface area contributed by atoms with Gasteiger partial charge in [0.25, 0.3) is 5.91 Å². The van der Waals surface area contributed by atoms with E-state index in [1.165, 1.54) is 25.1 Å². The number of nitrogens with one attached hydrogen (secondary N) is 1. The molecule has 0 unspecified atom stereocenters. The fraction of sp³-hybridized carbons (Fsp3) is 0.421. The number of alkyl halides is 3. The third-order valence-electron chi connectivity index (χ3n) is 4.88. The van der Waals surface area contributed by atoms with Crippen LogP contribution in [0.5, 0.6) is 0 Å². The van der Waals surface area contributed by atoms with E-state index in [1.54, 1.807) is 6.07 Å². The van der Waals surface area contributed by atoms with Gasteiger partial charge in [0.15, 0.2) is 5.69 Å². The lowest BCUT2D eigenvalue weighted by atomic mass is 9.85. The van der Waals surface area contributed by atoms with E-state index in [4.69, 9.17) is 0 Å². The smallest absolute Gasteiger partial charge is 0.348 e. The van der Waals surface area contributed by atoms with Gasteiger partial charge >= 0.3 is 6.18 Å². The summed E-state index contributed by atoms with van der Waals surface area (Å²) in [7, 11) is 0. The van der Waals surface area contributed by atoms with Gasteiger partial charge in [-0.05, 0) is 38.3 Å². The molecule has 2 atom stereocenters. The molecule has 0 radical (unpaired) electrons. The fourth-order valence-corrected chi connectivity index (χ4v) is 3.44. The number of amides is 1. The van der Waals surface area contributed by atoms with Crippen molar-refractivity contribution >= 4 is 5.91 Å². The van der Waals surface area contributed by atoms with Gasteiger partial charge in [-0.25, -0.2) is 9.07 Å². The van der Waals surface area contributed by atoms with Crippen LogP contribution in [0.4, 0.5) is 17.6 Å². The summed E-state index contributed by atoms with van der Waals surface area (Å²) in [6.07, 6.45) is -3.80. The Labute approximate surface area is 158 Å². The Bertz CT molecular complexity index is 940. The molecule has 1 aliphatic carbocycles. The maximum atomic E-state index is 14.1. The average Bonchev–Trinajstić information content (AvgIpc) is 2.62. The summed E-state index contributed by atoms with van der Waals surface area (Å²) in [5.74, 6) is -2.93. The molecule has 1 amide bonds. The molecular weight excluding hydrogens is 378 g/mol. The number of nitrogens with zero attached hydrogens (tertiary/aromatic N) is 2. The van der Waals surface area contributed by atoms with E-state index in [0.29, 0.717) is 18.5 Å². The van der Waals surface area contributed by atoms with Gasteiger partial charge in [-0.15, -0.1) is 0 Å². The van der Waals surface area contributed by atoms with E-state index >= 15 is 0 Å². The van der Waals surface area contributed by atoms with E-state index in [0.717, 1.165) is 10.7 Å². The number of carbonyl (C=O) groups excluding carboxylic acids is 1. The van der Waals surface area contributed by atoms with E-state index in [-0.39, 0.29) is 18.5 Å². The number of aromatic nitrogens is 2. The lowest BCUT2D eigenvalue weighted by molar-refractivity contribution is -0.183. The summed E-state index contributed by atoms with van der Waals surface area (Å²) in [6, 6.07) is 6.18. The number of para-hydroxylation sites is 1. The van der Waals surface area contributed by atoms with E-state index in [1.807, 2.05) is 0 Å². The molecule has 3 rings (SSSR count). The molecule has 28 heavy (non-hydrogen) atoms. The van der Waals surface area contributed by atoms with Crippen LogP contribution in [0.15, 0.2) is 35.1 Å². The number of aryl methyl sites for hydroxylation is 1. The highest BCUT2D eigenvalue weighted by molar-refractivity contribution is 5.92. The van der Waals surface area contributed by atoms with Gasteiger partial charge < -0.3 is 5.32 Å². The SMILES string of the molecule is Cc1cc(=O)c(C(=O)N[C@H]2CCC[C@@H](C(F)(F)F)C2)nn1-c1ccccc1F. The molecule has 1 fully saturated rings. The molecule has 5 nitrogen and oxygen atoms in total. The first-order valence-electron chi connectivity index (χ1n) is 8.90. The molecule has 9 heteroatoms. The second-order valence-corrected chi connectivity index (χ2v) is 6.94. The third kappa shape index (κ3) is 4.23. The minimum Gasteiger partial charge on any atom is -0.348 e. The monoisotopic (exact) mass is 397 g/mol. The Morgan fingerprint density at radius 1 is 1.25 bits per heavy atom. The lowest BCUT2D eigenvalue weighted by Gasteiger charge is -2.30. The maximum Gasteiger partial charge on any atom is 0.391 e. The predicted molar refractivity (Wildman–Crippen MR) is 93.8 cm³/mol. The molecule has 150 valence electrons. The zero-order chi connectivity index (χ0) is 20.5. The quantitative estimate of drug-likeness (QED) is 0.806. The van der Waals surface area contributed by atoms with Crippen molar-refractivity contribution in [2.24, 2.45) is 5.92 Å². The van der Waals surface area contributed by atoms with Crippen LogP contribution in [-0.4, -0.2) is 27.9 Å². The van der Waals surface area contributed by atoms with Crippen LogP contribution in [0.25, 0.3) is 5.69 Å². The van der Waals surface area contributed by atoms with Crippen LogP contribution >= 0.6 is 0 Å². The van der Waals surface area contributed by atoms with Crippen molar-refractivity contribution in [3.8, 4) is 5.69 Å². The van der Waals surface area contributed by atoms with E-state index in [2.05, 4.69) is 10.4 Å². The highest BCUT2D eigenvalue weighted by Gasteiger charge is 2.42. The van der Waals surface area contributed by atoms with Crippen LogP contribution in [0, 0.1) is 18.7 Å². The standard InChI is InChI=1S/C19H19F4N3O2/c1-11-9-16(27)17(25-26(11)15-8-3-2-7-14(15)20)18(28)24-13-6-4-5-12(10-13)19(21,22)23/h2-3,7-9,12-13H,4-6,10H2,1H3,(H,24,28)/t12-,13+/m1/s1. The number of hydrogen-bond donors (Lipinski definition) is 1. The lowest BCUT2D eigenvalue weighted by Crippen LogP contribution is -2.43. The Hall–Kier alpha value is -2.71. The summed E-state index contributed by atoms with van der Waals surface area (Å²) in [6.45, 7) is 1.54. The Kier molecular flexibility index (Phi) is 5.53. The van der Waals surface area contributed by atoms with Crippen molar-refractivity contribution in [3.63, 3.8) is 0 Å². The first-order valence-corrected chi connectivity index (χ1v) is 8.90. The van der Waals surface area contributed by atoms with Crippen LogP contribution in [-0.2, 0) is 0 Å². The number of halogens is 4. The molecule has 0 aliphatic heterocycles. The fourth-order valence-electron chi connectivity index (χ4n) is 3.44. The number of carbonyl (C=O) groups is 1. The van der Waals surface area contributed by atoms with Crippen LogP contribution < -0.4 is 10.7 Å². The highest BCUT2D eigenvalue weighted by atomic mass is 19.4. The maximum absolute atomic E-state index is 14.1. The van der Waals surface area contributed by atoms with Gasteiger partial charge in [0.05, 0.1) is 5.92 Å². The van der Waals surface area contributed by atoms with Gasteiger partial charge in [0, 0.05) is 17.8 Å². The van der Waals surface area contributed by atoms with Crippen molar-refractivity contribution in [2.75, 3.05) is 0 Å². The molecule has 0 saturated heterocycles. The molecule has 1 aliphatic rings. The Morgan fingerprint density at radius 2 is 1.96 bits per heavy atom. The van der Waals surface area contributed by atoms with E-state index in [9.17, 15) is 27.2 Å². The van der Waals surface area contributed by atoms with Crippen molar-refractivity contribution in [3.05, 3.63) is 57.8 Å². The summed E-state index contributed by atoms with van der Waals surface area (Å²) >= 11 is 0. The zero-order valence-corrected chi connectivity index (χ0v) is 15.1. The van der Waals surface area contributed by atoms with Gasteiger partial charge in [0.2, 0.25) is 5.43 Å². The van der Waals surface area contributed by atoms with Crippen molar-refractivity contribution in [1.29, 1.82) is 0 Å². The van der Waals surface area contributed by atoms with Crippen LogP contribution in [0.2, 0.25) is 0 Å². The average molecular weight is 397 g/mol. The minimum atomic E-state index is -4.32. The Balaban J connectivity index is 1.85. The molecule has 2 aromatic rings. The van der Waals surface area contributed by atoms with Gasteiger partial charge in [0.1, 0.15) is 11.5 Å². The minimum absolute atomic E-state index is 0.0265. The molecular formula is C19H19F4N3O2. The van der Waals surface area contributed by atoms with Gasteiger partial charge in [-0.3, -0.25) is 9.59 Å².